The van der Waals surface area contributed by atoms with Gasteiger partial charge in [0.05, 0.1) is 17.1 Å². The molecule has 0 spiro atoms. The molecule has 0 aromatic heterocycles. The molecule has 1 saturated heterocycles. The fraction of sp³-hybridized carbons (Fsp3) is 0.462. The second-order valence-electron chi connectivity index (χ2n) is 9.46. The number of nitrogens with one attached hydrogen (secondary N) is 2. The maximum Gasteiger partial charge on any atom is 0.255 e. The van der Waals surface area contributed by atoms with Crippen molar-refractivity contribution in [3.8, 4) is 0 Å². The van der Waals surface area contributed by atoms with Crippen molar-refractivity contribution in [2.24, 2.45) is 5.92 Å². The zero-order chi connectivity index (χ0) is 25.0. The van der Waals surface area contributed by atoms with Crippen LogP contribution in [-0.2, 0) is 19.6 Å². The van der Waals surface area contributed by atoms with Crippen molar-refractivity contribution in [2.75, 3.05) is 23.7 Å². The average molecular weight is 500 g/mol. The number of morpholine rings is 1. The first-order chi connectivity index (χ1) is 16.7. The minimum Gasteiger partial charge on any atom is -0.373 e. The van der Waals surface area contributed by atoms with E-state index in [9.17, 15) is 18.0 Å². The van der Waals surface area contributed by atoms with E-state index < -0.39 is 10.0 Å². The van der Waals surface area contributed by atoms with Crippen LogP contribution in [0.5, 0.6) is 0 Å². The maximum atomic E-state index is 13.0. The molecule has 2 aliphatic rings. The lowest BCUT2D eigenvalue weighted by atomic mass is 9.88. The molecule has 8 nitrogen and oxygen atoms in total. The van der Waals surface area contributed by atoms with E-state index in [1.807, 2.05) is 13.8 Å². The number of rotatable bonds is 6. The lowest BCUT2D eigenvalue weighted by molar-refractivity contribution is -0.120. The van der Waals surface area contributed by atoms with Crippen molar-refractivity contribution in [1.29, 1.82) is 0 Å². The van der Waals surface area contributed by atoms with Crippen molar-refractivity contribution >= 4 is 33.2 Å². The van der Waals surface area contributed by atoms with Crippen LogP contribution >= 0.6 is 0 Å². The van der Waals surface area contributed by atoms with Gasteiger partial charge in [0, 0.05) is 35.9 Å². The molecule has 1 aliphatic carbocycles. The Bertz CT molecular complexity index is 1150. The zero-order valence-corrected chi connectivity index (χ0v) is 21.0. The SMILES string of the molecule is CC1CN(S(=O)(=O)c2ccc(NC(=O)c3cccc(NC(=O)C4CCCCC4)c3)cc2)CC(C)O1. The van der Waals surface area contributed by atoms with Gasteiger partial charge >= 0.3 is 0 Å². The molecule has 2 aromatic carbocycles. The molecule has 2 amide bonds. The molecule has 1 aliphatic heterocycles. The first-order valence-electron chi connectivity index (χ1n) is 12.2. The van der Waals surface area contributed by atoms with E-state index in [-0.39, 0.29) is 34.8 Å². The molecule has 1 heterocycles. The van der Waals surface area contributed by atoms with E-state index in [4.69, 9.17) is 4.74 Å². The molecule has 0 radical (unpaired) electrons. The van der Waals surface area contributed by atoms with Crippen molar-refractivity contribution in [3.63, 3.8) is 0 Å². The third kappa shape index (κ3) is 6.28. The smallest absolute Gasteiger partial charge is 0.255 e. The van der Waals surface area contributed by atoms with Gasteiger partial charge in [-0.2, -0.15) is 4.31 Å². The molecule has 4 rings (SSSR count). The summed E-state index contributed by atoms with van der Waals surface area (Å²) in [6, 6.07) is 13.0. The second-order valence-corrected chi connectivity index (χ2v) is 11.4. The highest BCUT2D eigenvalue weighted by Gasteiger charge is 2.32. The Labute approximate surface area is 207 Å². The van der Waals surface area contributed by atoms with E-state index in [1.165, 1.54) is 22.9 Å². The molecule has 2 aromatic rings. The van der Waals surface area contributed by atoms with Gasteiger partial charge in [-0.15, -0.1) is 0 Å². The van der Waals surface area contributed by atoms with Crippen molar-refractivity contribution in [3.05, 3.63) is 54.1 Å². The van der Waals surface area contributed by atoms with Crippen LogP contribution in [0.3, 0.4) is 0 Å². The van der Waals surface area contributed by atoms with Crippen LogP contribution in [-0.4, -0.2) is 49.8 Å². The Morgan fingerprint density at radius 3 is 2.20 bits per heavy atom. The number of ether oxygens (including phenoxy) is 1. The Morgan fingerprint density at radius 2 is 1.54 bits per heavy atom. The third-order valence-corrected chi connectivity index (χ3v) is 8.35. The molecule has 35 heavy (non-hydrogen) atoms. The van der Waals surface area contributed by atoms with Crippen molar-refractivity contribution < 1.29 is 22.7 Å². The second kappa shape index (κ2) is 10.9. The summed E-state index contributed by atoms with van der Waals surface area (Å²) >= 11 is 0. The van der Waals surface area contributed by atoms with E-state index in [0.29, 0.717) is 30.0 Å². The normalized spacial score (nSPS) is 21.9. The average Bonchev–Trinajstić information content (AvgIpc) is 2.84. The highest BCUT2D eigenvalue weighted by Crippen LogP contribution is 2.26. The lowest BCUT2D eigenvalue weighted by Crippen LogP contribution is -2.48. The number of anilines is 2. The van der Waals surface area contributed by atoms with Gasteiger partial charge in [-0.3, -0.25) is 9.59 Å². The molecule has 9 heteroatoms. The highest BCUT2D eigenvalue weighted by molar-refractivity contribution is 7.89. The first-order valence-corrected chi connectivity index (χ1v) is 13.6. The molecule has 2 N–H and O–H groups in total. The van der Waals surface area contributed by atoms with Crippen LogP contribution in [0.25, 0.3) is 0 Å². The van der Waals surface area contributed by atoms with Gasteiger partial charge in [-0.25, -0.2) is 8.42 Å². The van der Waals surface area contributed by atoms with Crippen LogP contribution in [0.4, 0.5) is 11.4 Å². The van der Waals surface area contributed by atoms with Crippen LogP contribution in [0, 0.1) is 5.92 Å². The van der Waals surface area contributed by atoms with E-state index in [2.05, 4.69) is 10.6 Å². The number of sulfonamides is 1. The maximum absolute atomic E-state index is 13.0. The van der Waals surface area contributed by atoms with Crippen LogP contribution in [0.1, 0.15) is 56.3 Å². The fourth-order valence-electron chi connectivity index (χ4n) is 4.74. The van der Waals surface area contributed by atoms with E-state index in [1.54, 1.807) is 36.4 Å². The largest absolute Gasteiger partial charge is 0.373 e. The predicted octanol–water partition coefficient (Wildman–Crippen LogP) is 4.26. The lowest BCUT2D eigenvalue weighted by Gasteiger charge is -2.34. The predicted molar refractivity (Wildman–Crippen MR) is 135 cm³/mol. The zero-order valence-electron chi connectivity index (χ0n) is 20.2. The van der Waals surface area contributed by atoms with Crippen LogP contribution in [0.15, 0.2) is 53.4 Å². The summed E-state index contributed by atoms with van der Waals surface area (Å²) in [6.07, 6.45) is 4.79. The number of nitrogens with zero attached hydrogens (tertiary/aromatic N) is 1. The summed E-state index contributed by atoms with van der Waals surface area (Å²) in [4.78, 5) is 25.5. The van der Waals surface area contributed by atoms with Gasteiger partial charge in [0.1, 0.15) is 0 Å². The van der Waals surface area contributed by atoms with Gasteiger partial charge in [-0.05, 0) is 69.2 Å². The first kappa shape index (κ1) is 25.3. The topological polar surface area (TPSA) is 105 Å². The molecule has 2 atom stereocenters. The Morgan fingerprint density at radius 1 is 0.886 bits per heavy atom. The van der Waals surface area contributed by atoms with Gasteiger partial charge < -0.3 is 15.4 Å². The summed E-state index contributed by atoms with van der Waals surface area (Å²) < 4.78 is 33.1. The van der Waals surface area contributed by atoms with Crippen molar-refractivity contribution in [1.82, 2.24) is 4.31 Å². The molecular formula is C26H33N3O5S. The van der Waals surface area contributed by atoms with Crippen LogP contribution < -0.4 is 10.6 Å². The fourth-order valence-corrected chi connectivity index (χ4v) is 6.33. The van der Waals surface area contributed by atoms with Crippen molar-refractivity contribution in [2.45, 2.75) is 63.1 Å². The molecule has 2 fully saturated rings. The number of hydrogen-bond donors (Lipinski definition) is 2. The number of amides is 2. The summed E-state index contributed by atoms with van der Waals surface area (Å²) in [5.74, 6) is -0.312. The quantitative estimate of drug-likeness (QED) is 0.618. The summed E-state index contributed by atoms with van der Waals surface area (Å²) in [6.45, 7) is 4.32. The minimum atomic E-state index is -3.65. The Balaban J connectivity index is 1.39. The van der Waals surface area contributed by atoms with Crippen LogP contribution in [0.2, 0.25) is 0 Å². The van der Waals surface area contributed by atoms with Gasteiger partial charge in [0.25, 0.3) is 5.91 Å². The number of carbonyl (C=O) groups excluding carboxylic acids is 2. The Kier molecular flexibility index (Phi) is 7.88. The standard InChI is InChI=1S/C26H33N3O5S/c1-18-16-29(17-19(2)34-18)35(32,33)24-13-11-22(12-14-24)27-26(31)21-9-6-10-23(15-21)28-25(30)20-7-4-3-5-8-20/h6,9-15,18-20H,3-5,7-8,16-17H2,1-2H3,(H,27,31)(H,28,30). The van der Waals surface area contributed by atoms with Gasteiger partial charge in [0.15, 0.2) is 0 Å². The van der Waals surface area contributed by atoms with E-state index >= 15 is 0 Å². The third-order valence-electron chi connectivity index (χ3n) is 6.50. The number of benzene rings is 2. The number of carbonyl (C=O) groups is 2. The molecule has 0 bridgehead atoms. The Hall–Kier alpha value is -2.75. The molecule has 2 unspecified atom stereocenters. The van der Waals surface area contributed by atoms with Gasteiger partial charge in [0.2, 0.25) is 15.9 Å². The van der Waals surface area contributed by atoms with Gasteiger partial charge in [-0.1, -0.05) is 25.3 Å². The van der Waals surface area contributed by atoms with E-state index in [0.717, 1.165) is 25.7 Å². The monoisotopic (exact) mass is 499 g/mol. The highest BCUT2D eigenvalue weighted by atomic mass is 32.2. The summed E-state index contributed by atoms with van der Waals surface area (Å²) in [5.41, 5.74) is 1.47. The molecular weight excluding hydrogens is 466 g/mol. The summed E-state index contributed by atoms with van der Waals surface area (Å²) in [7, 11) is -3.65. The summed E-state index contributed by atoms with van der Waals surface area (Å²) in [5, 5.41) is 5.73. The molecule has 188 valence electrons. The molecule has 1 saturated carbocycles. The number of hydrogen-bond acceptors (Lipinski definition) is 5. The minimum absolute atomic E-state index is 0.00288.